The molecule has 4 aromatic rings. The van der Waals surface area contributed by atoms with Crippen molar-refractivity contribution in [1.29, 1.82) is 0 Å². The lowest BCUT2D eigenvalue weighted by atomic mass is 10.1. The number of methoxy groups -OCH3 is 2. The van der Waals surface area contributed by atoms with Gasteiger partial charge >= 0.3 is 0 Å². The summed E-state index contributed by atoms with van der Waals surface area (Å²) in [5.41, 5.74) is 4.33. The van der Waals surface area contributed by atoms with E-state index in [9.17, 15) is 4.79 Å². The Morgan fingerprint density at radius 3 is 2.15 bits per heavy atom. The molecule has 4 aromatic carbocycles. The molecule has 1 saturated heterocycles. The minimum atomic E-state index is 0.123. The smallest absolute Gasteiger partial charge is 0.227 e. The van der Waals surface area contributed by atoms with Crippen LogP contribution in [-0.2, 0) is 11.2 Å². The molecule has 0 aliphatic carbocycles. The number of nitrogens with zero attached hydrogens (tertiary/aromatic N) is 3. The van der Waals surface area contributed by atoms with Crippen molar-refractivity contribution in [3.05, 3.63) is 84.4 Å². The number of anilines is 3. The van der Waals surface area contributed by atoms with E-state index in [1.165, 1.54) is 27.0 Å². The predicted octanol–water partition coefficient (Wildman–Crippen LogP) is 5.93. The Morgan fingerprint density at radius 2 is 1.50 bits per heavy atom. The van der Waals surface area contributed by atoms with E-state index < -0.39 is 0 Å². The average molecular weight is 557 g/mol. The van der Waals surface area contributed by atoms with E-state index in [2.05, 4.69) is 89.3 Å². The topological polar surface area (TPSA) is 57.3 Å². The maximum atomic E-state index is 13.0. The molecule has 0 radical (unpaired) electrons. The Labute approximate surface area is 240 Å². The number of piperazine rings is 1. The summed E-state index contributed by atoms with van der Waals surface area (Å²) in [6.45, 7) is 3.01. The number of carbonyl (C=O) groups excluding carboxylic acids is 1. The van der Waals surface area contributed by atoms with Crippen molar-refractivity contribution >= 4 is 45.7 Å². The monoisotopic (exact) mass is 556 g/mol. The number of hydrogen-bond acceptors (Lipinski definition) is 7. The van der Waals surface area contributed by atoms with Gasteiger partial charge in [-0.2, -0.15) is 0 Å². The van der Waals surface area contributed by atoms with Crippen LogP contribution in [0.15, 0.2) is 83.8 Å². The molecule has 1 N–H and O–H groups in total. The maximum Gasteiger partial charge on any atom is 0.227 e. The zero-order valence-corrected chi connectivity index (χ0v) is 24.3. The van der Waals surface area contributed by atoms with Crippen LogP contribution in [0.3, 0.4) is 0 Å². The Balaban J connectivity index is 1.16. The lowest BCUT2D eigenvalue weighted by Gasteiger charge is -2.36. The third-order valence-corrected chi connectivity index (χ3v) is 8.16. The van der Waals surface area contributed by atoms with E-state index in [1.807, 2.05) is 23.1 Å². The fourth-order valence-corrected chi connectivity index (χ4v) is 5.87. The summed E-state index contributed by atoms with van der Waals surface area (Å²) in [6, 6.07) is 27.0. The van der Waals surface area contributed by atoms with Gasteiger partial charge in [-0.25, -0.2) is 0 Å². The van der Waals surface area contributed by atoms with Crippen molar-refractivity contribution in [2.24, 2.45) is 0 Å². The molecule has 5 rings (SSSR count). The molecule has 1 amide bonds. The van der Waals surface area contributed by atoms with E-state index in [-0.39, 0.29) is 5.91 Å². The van der Waals surface area contributed by atoms with Crippen molar-refractivity contribution in [3.8, 4) is 11.5 Å². The first kappa shape index (κ1) is 27.5. The second-order valence-electron chi connectivity index (χ2n) is 10.0. The summed E-state index contributed by atoms with van der Waals surface area (Å²) in [7, 11) is 7.39. The van der Waals surface area contributed by atoms with Crippen molar-refractivity contribution < 1.29 is 14.3 Å². The molecular weight excluding hydrogens is 520 g/mol. The molecule has 0 spiro atoms. The van der Waals surface area contributed by atoms with E-state index in [1.54, 1.807) is 26.2 Å². The number of amides is 1. The molecular formula is C32H36N4O3S. The minimum Gasteiger partial charge on any atom is -0.497 e. The Bertz CT molecular complexity index is 1450. The van der Waals surface area contributed by atoms with Gasteiger partial charge in [-0.15, -0.1) is 0 Å². The molecule has 7 nitrogen and oxygen atoms in total. The number of benzene rings is 4. The minimum absolute atomic E-state index is 0.123. The highest BCUT2D eigenvalue weighted by atomic mass is 32.2. The standard InChI is InChI=1S/C32H36N4O3S/c1-34(2)30-9-5-8-29-28(30)7-6-10-31(29)40-33-24-11-13-25(14-12-24)35-15-17-36(18-16-35)32(37)21-23-19-26(38-3)22-27(20-23)39-4/h5-14,19-20,22,33H,15-18,21H2,1-4H3. The molecule has 0 aromatic heterocycles. The fraction of sp³-hybridized carbons (Fsp3) is 0.281. The highest BCUT2D eigenvalue weighted by Gasteiger charge is 2.22. The summed E-state index contributed by atoms with van der Waals surface area (Å²) >= 11 is 1.63. The van der Waals surface area contributed by atoms with Crippen LogP contribution in [0.2, 0.25) is 0 Å². The molecule has 0 saturated carbocycles. The molecule has 1 heterocycles. The number of fused-ring (bicyclic) bond motifs is 1. The number of carbonyl (C=O) groups is 1. The van der Waals surface area contributed by atoms with Gasteiger partial charge in [0.05, 0.1) is 20.6 Å². The number of nitrogens with one attached hydrogen (secondary N) is 1. The van der Waals surface area contributed by atoms with Gasteiger partial charge < -0.3 is 28.9 Å². The summed E-state index contributed by atoms with van der Waals surface area (Å²) in [5.74, 6) is 1.51. The van der Waals surface area contributed by atoms with E-state index in [0.717, 1.165) is 24.3 Å². The van der Waals surface area contributed by atoms with Gasteiger partial charge in [-0.05, 0) is 71.4 Å². The average Bonchev–Trinajstić information content (AvgIpc) is 2.99. The van der Waals surface area contributed by atoms with E-state index in [4.69, 9.17) is 9.47 Å². The first-order valence-electron chi connectivity index (χ1n) is 13.4. The molecule has 1 aliphatic rings. The van der Waals surface area contributed by atoms with Gasteiger partial charge in [0.25, 0.3) is 0 Å². The van der Waals surface area contributed by atoms with Crippen molar-refractivity contribution in [2.45, 2.75) is 11.3 Å². The molecule has 8 heteroatoms. The molecule has 0 bridgehead atoms. The van der Waals surface area contributed by atoms with Gasteiger partial charge in [0.2, 0.25) is 5.91 Å². The molecule has 1 aliphatic heterocycles. The SMILES string of the molecule is COc1cc(CC(=O)N2CCN(c3ccc(NSc4cccc5c(N(C)C)cccc45)cc3)CC2)cc(OC)c1. The highest BCUT2D eigenvalue weighted by Crippen LogP contribution is 2.34. The number of rotatable bonds is 9. The Kier molecular flexibility index (Phi) is 8.55. The molecule has 0 atom stereocenters. The summed E-state index contributed by atoms with van der Waals surface area (Å²) in [6.07, 6.45) is 0.332. The largest absolute Gasteiger partial charge is 0.497 e. The van der Waals surface area contributed by atoms with Gasteiger partial charge in [0.1, 0.15) is 11.5 Å². The Hall–Kier alpha value is -4.04. The predicted molar refractivity (Wildman–Crippen MR) is 166 cm³/mol. The second kappa shape index (κ2) is 12.4. The maximum absolute atomic E-state index is 13.0. The first-order valence-corrected chi connectivity index (χ1v) is 14.2. The summed E-state index contributed by atoms with van der Waals surface area (Å²) in [4.78, 5) is 20.6. The van der Waals surface area contributed by atoms with Crippen LogP contribution in [0.1, 0.15) is 5.56 Å². The van der Waals surface area contributed by atoms with Crippen LogP contribution < -0.4 is 24.0 Å². The van der Waals surface area contributed by atoms with Gasteiger partial charge in [0.15, 0.2) is 0 Å². The second-order valence-corrected chi connectivity index (χ2v) is 10.9. The van der Waals surface area contributed by atoms with Crippen molar-refractivity contribution in [2.75, 3.05) is 69.0 Å². The zero-order chi connectivity index (χ0) is 28.1. The van der Waals surface area contributed by atoms with Gasteiger partial charge in [0, 0.05) is 73.7 Å². The van der Waals surface area contributed by atoms with E-state index >= 15 is 0 Å². The molecule has 40 heavy (non-hydrogen) atoms. The molecule has 1 fully saturated rings. The summed E-state index contributed by atoms with van der Waals surface area (Å²) in [5, 5.41) is 2.48. The lowest BCUT2D eigenvalue weighted by molar-refractivity contribution is -0.130. The number of hydrogen-bond donors (Lipinski definition) is 1. The van der Waals surface area contributed by atoms with Gasteiger partial charge in [-0.3, -0.25) is 4.79 Å². The van der Waals surface area contributed by atoms with Crippen LogP contribution in [-0.4, -0.2) is 65.3 Å². The quantitative estimate of drug-likeness (QED) is 0.256. The normalized spacial score (nSPS) is 13.3. The Morgan fingerprint density at radius 1 is 0.850 bits per heavy atom. The van der Waals surface area contributed by atoms with E-state index in [0.29, 0.717) is 31.0 Å². The van der Waals surface area contributed by atoms with Crippen LogP contribution in [0.5, 0.6) is 11.5 Å². The third-order valence-electron chi connectivity index (χ3n) is 7.25. The van der Waals surface area contributed by atoms with Crippen molar-refractivity contribution in [1.82, 2.24) is 4.90 Å². The molecule has 208 valence electrons. The highest BCUT2D eigenvalue weighted by molar-refractivity contribution is 8.00. The fourth-order valence-electron chi connectivity index (χ4n) is 5.07. The molecule has 0 unspecified atom stereocenters. The third kappa shape index (κ3) is 6.23. The summed E-state index contributed by atoms with van der Waals surface area (Å²) < 4.78 is 14.2. The van der Waals surface area contributed by atoms with Crippen LogP contribution in [0, 0.1) is 0 Å². The first-order chi connectivity index (χ1) is 19.4. The van der Waals surface area contributed by atoms with Crippen LogP contribution >= 0.6 is 11.9 Å². The number of ether oxygens (including phenoxy) is 2. The van der Waals surface area contributed by atoms with Crippen molar-refractivity contribution in [3.63, 3.8) is 0 Å². The lowest BCUT2D eigenvalue weighted by Crippen LogP contribution is -2.49. The van der Waals surface area contributed by atoms with Crippen LogP contribution in [0.25, 0.3) is 10.8 Å². The van der Waals surface area contributed by atoms with Crippen LogP contribution in [0.4, 0.5) is 17.1 Å². The van der Waals surface area contributed by atoms with Gasteiger partial charge in [-0.1, -0.05) is 24.3 Å². The zero-order valence-electron chi connectivity index (χ0n) is 23.5.